The van der Waals surface area contributed by atoms with Crippen LogP contribution < -0.4 is 0 Å². The molecule has 0 aromatic carbocycles. The normalized spacial score (nSPS) is 8.91. The van der Waals surface area contributed by atoms with E-state index in [1.165, 1.54) is 18.7 Å². The zero-order valence-electron chi connectivity index (χ0n) is 6.26. The maximum Gasteiger partial charge on any atom is 0.306 e. The molecule has 0 saturated carbocycles. The molecule has 0 aliphatic carbocycles. The Kier molecular flexibility index (Phi) is 6.56. The van der Waals surface area contributed by atoms with Crippen molar-refractivity contribution in [2.24, 2.45) is 0 Å². The Labute approximate surface area is 71.2 Å². The van der Waals surface area contributed by atoms with E-state index in [0.29, 0.717) is 12.8 Å². The number of rotatable bonds is 2. The molecule has 0 spiro atoms. The highest BCUT2D eigenvalue weighted by atomic mass is 35.5. The van der Waals surface area contributed by atoms with E-state index in [4.69, 9.17) is 11.6 Å². The lowest BCUT2D eigenvalue weighted by atomic mass is 10.3. The predicted octanol–water partition coefficient (Wildman–Crippen LogP) is 1.70. The first-order valence-corrected chi connectivity index (χ1v) is 3.55. The molecule has 0 aromatic heterocycles. The van der Waals surface area contributed by atoms with Crippen molar-refractivity contribution in [2.75, 3.05) is 7.11 Å². The Bertz CT molecular complexity index is 198. The quantitative estimate of drug-likeness (QED) is 0.468. The van der Waals surface area contributed by atoms with Crippen molar-refractivity contribution in [3.63, 3.8) is 0 Å². The molecule has 0 heterocycles. The lowest BCUT2D eigenvalue weighted by Gasteiger charge is -1.91. The highest BCUT2D eigenvalue weighted by Gasteiger charge is 1.94. The molecule has 0 saturated heterocycles. The highest BCUT2D eigenvalue weighted by molar-refractivity contribution is 6.25. The summed E-state index contributed by atoms with van der Waals surface area (Å²) in [5.41, 5.74) is 1.32. The van der Waals surface area contributed by atoms with Crippen LogP contribution in [-0.2, 0) is 9.53 Å². The summed E-state index contributed by atoms with van der Waals surface area (Å²) in [6, 6.07) is 0. The molecular weight excluding hydrogens is 164 g/mol. The molecule has 2 nitrogen and oxygen atoms in total. The van der Waals surface area contributed by atoms with Crippen molar-refractivity contribution in [1.82, 2.24) is 0 Å². The van der Waals surface area contributed by atoms with Crippen LogP contribution in [0.4, 0.5) is 0 Å². The number of esters is 1. The van der Waals surface area contributed by atoms with Gasteiger partial charge >= 0.3 is 5.97 Å². The van der Waals surface area contributed by atoms with Gasteiger partial charge in [0.2, 0.25) is 0 Å². The second-order valence-electron chi connectivity index (χ2n) is 1.69. The number of carbonyl (C=O) groups excluding carboxylic acids is 1. The summed E-state index contributed by atoms with van der Waals surface area (Å²) in [4.78, 5) is 10.5. The fourth-order valence-electron chi connectivity index (χ4n) is 0.429. The second kappa shape index (κ2) is 7.17. The molecule has 60 valence electrons. The standard InChI is InChI=1S/C8H9ClO2/c1-11-8(10)6-4-2-3-5-7-9/h5,7H,4,6H2,1H3/b7-5-. The van der Waals surface area contributed by atoms with Gasteiger partial charge in [-0.2, -0.15) is 0 Å². The molecular formula is C8H9ClO2. The Morgan fingerprint density at radius 2 is 2.45 bits per heavy atom. The van der Waals surface area contributed by atoms with Gasteiger partial charge in [-0.25, -0.2) is 0 Å². The van der Waals surface area contributed by atoms with Gasteiger partial charge < -0.3 is 4.74 Å². The smallest absolute Gasteiger partial charge is 0.306 e. The molecule has 0 amide bonds. The second-order valence-corrected chi connectivity index (χ2v) is 1.94. The summed E-state index contributed by atoms with van der Waals surface area (Å²) in [5.74, 6) is 5.13. The third kappa shape index (κ3) is 6.95. The van der Waals surface area contributed by atoms with E-state index in [9.17, 15) is 4.79 Å². The van der Waals surface area contributed by atoms with Crippen LogP contribution in [0.5, 0.6) is 0 Å². The predicted molar refractivity (Wildman–Crippen MR) is 44.0 cm³/mol. The van der Waals surface area contributed by atoms with Gasteiger partial charge in [-0.3, -0.25) is 4.79 Å². The third-order valence-corrected chi connectivity index (χ3v) is 1.06. The SMILES string of the molecule is COC(=O)CCC#C/C=C\Cl. The van der Waals surface area contributed by atoms with Gasteiger partial charge in [0.1, 0.15) is 0 Å². The summed E-state index contributed by atoms with van der Waals surface area (Å²) in [6.45, 7) is 0. The van der Waals surface area contributed by atoms with Crippen molar-refractivity contribution < 1.29 is 9.53 Å². The fourth-order valence-corrected chi connectivity index (χ4v) is 0.492. The summed E-state index contributed by atoms with van der Waals surface area (Å²) >= 11 is 5.20. The van der Waals surface area contributed by atoms with Crippen LogP contribution in [0, 0.1) is 11.8 Å². The van der Waals surface area contributed by atoms with E-state index < -0.39 is 0 Å². The van der Waals surface area contributed by atoms with Crippen LogP contribution in [-0.4, -0.2) is 13.1 Å². The van der Waals surface area contributed by atoms with Crippen LogP contribution in [0.15, 0.2) is 11.6 Å². The number of hydrogen-bond acceptors (Lipinski definition) is 2. The summed E-state index contributed by atoms with van der Waals surface area (Å²) in [6.07, 6.45) is 2.35. The zero-order chi connectivity index (χ0) is 8.53. The van der Waals surface area contributed by atoms with Gasteiger partial charge in [0.05, 0.1) is 13.5 Å². The van der Waals surface area contributed by atoms with Crippen LogP contribution in [0.2, 0.25) is 0 Å². The molecule has 0 radical (unpaired) electrons. The van der Waals surface area contributed by atoms with Crippen LogP contribution in [0.25, 0.3) is 0 Å². The van der Waals surface area contributed by atoms with Crippen LogP contribution in [0.1, 0.15) is 12.8 Å². The first-order chi connectivity index (χ1) is 5.31. The number of carbonyl (C=O) groups is 1. The molecule has 0 aliphatic rings. The average molecular weight is 173 g/mol. The van der Waals surface area contributed by atoms with Gasteiger partial charge in [0, 0.05) is 12.0 Å². The van der Waals surface area contributed by atoms with E-state index in [1.54, 1.807) is 0 Å². The van der Waals surface area contributed by atoms with E-state index in [2.05, 4.69) is 16.6 Å². The van der Waals surface area contributed by atoms with Gasteiger partial charge in [0.25, 0.3) is 0 Å². The lowest BCUT2D eigenvalue weighted by molar-refractivity contribution is -0.140. The molecule has 0 unspecified atom stereocenters. The minimum absolute atomic E-state index is 0.242. The minimum atomic E-state index is -0.242. The molecule has 0 fully saturated rings. The monoisotopic (exact) mass is 172 g/mol. The van der Waals surface area contributed by atoms with E-state index in [1.807, 2.05) is 0 Å². The Balaban J connectivity index is 3.43. The van der Waals surface area contributed by atoms with Crippen LogP contribution in [0.3, 0.4) is 0 Å². The van der Waals surface area contributed by atoms with Crippen molar-refractivity contribution >= 4 is 17.6 Å². The first kappa shape index (κ1) is 10.1. The zero-order valence-corrected chi connectivity index (χ0v) is 7.02. The molecule has 0 rings (SSSR count). The van der Waals surface area contributed by atoms with Crippen molar-refractivity contribution in [1.29, 1.82) is 0 Å². The molecule has 0 aromatic rings. The minimum Gasteiger partial charge on any atom is -0.469 e. The van der Waals surface area contributed by atoms with E-state index >= 15 is 0 Å². The number of allylic oxidation sites excluding steroid dienone is 1. The van der Waals surface area contributed by atoms with Crippen molar-refractivity contribution in [3.05, 3.63) is 11.6 Å². The van der Waals surface area contributed by atoms with Gasteiger partial charge in [-0.05, 0) is 6.08 Å². The number of hydrogen-bond donors (Lipinski definition) is 0. The largest absolute Gasteiger partial charge is 0.469 e. The van der Waals surface area contributed by atoms with Gasteiger partial charge in [0.15, 0.2) is 0 Å². The Morgan fingerprint density at radius 1 is 1.73 bits per heavy atom. The highest BCUT2D eigenvalue weighted by Crippen LogP contribution is 1.88. The summed E-state index contributed by atoms with van der Waals surface area (Å²) in [5, 5.41) is 0. The van der Waals surface area contributed by atoms with Crippen molar-refractivity contribution in [2.45, 2.75) is 12.8 Å². The molecule has 0 aliphatic heterocycles. The number of halogens is 1. The molecule has 0 N–H and O–H groups in total. The van der Waals surface area contributed by atoms with Crippen molar-refractivity contribution in [3.8, 4) is 11.8 Å². The number of ether oxygens (including phenoxy) is 1. The molecule has 11 heavy (non-hydrogen) atoms. The third-order valence-electron chi connectivity index (χ3n) is 0.930. The summed E-state index contributed by atoms with van der Waals surface area (Å²) in [7, 11) is 1.36. The maximum absolute atomic E-state index is 10.5. The van der Waals surface area contributed by atoms with Crippen LogP contribution >= 0.6 is 11.6 Å². The van der Waals surface area contributed by atoms with Gasteiger partial charge in [-0.1, -0.05) is 23.4 Å². The maximum atomic E-state index is 10.5. The Morgan fingerprint density at radius 3 is 3.00 bits per heavy atom. The number of methoxy groups -OCH3 is 1. The Hall–Kier alpha value is -0.940. The van der Waals surface area contributed by atoms with Gasteiger partial charge in [-0.15, -0.1) is 0 Å². The lowest BCUT2D eigenvalue weighted by Crippen LogP contribution is -1.97. The topological polar surface area (TPSA) is 26.3 Å². The fraction of sp³-hybridized carbons (Fsp3) is 0.375. The molecule has 0 atom stereocenters. The molecule has 3 heteroatoms. The molecule has 0 bridgehead atoms. The van der Waals surface area contributed by atoms with E-state index in [0.717, 1.165) is 0 Å². The van der Waals surface area contributed by atoms with E-state index in [-0.39, 0.29) is 5.97 Å². The first-order valence-electron chi connectivity index (χ1n) is 3.11. The summed E-state index contributed by atoms with van der Waals surface area (Å²) < 4.78 is 4.41. The average Bonchev–Trinajstić information content (AvgIpc) is 2.04.